The summed E-state index contributed by atoms with van der Waals surface area (Å²) < 4.78 is 10.4. The van der Waals surface area contributed by atoms with Crippen LogP contribution in [0.1, 0.15) is 37.6 Å². The molecule has 0 aromatic heterocycles. The Bertz CT molecular complexity index is 398. The molecule has 1 rings (SSSR count). The second-order valence-corrected chi connectivity index (χ2v) is 5.12. The molecule has 0 fully saturated rings. The van der Waals surface area contributed by atoms with Gasteiger partial charge in [0, 0.05) is 5.54 Å². The molecular formula is C15H23NO3. The third kappa shape index (κ3) is 5.30. The van der Waals surface area contributed by atoms with Crippen molar-refractivity contribution in [2.24, 2.45) is 0 Å². The fourth-order valence-corrected chi connectivity index (χ4v) is 1.57. The second kappa shape index (κ2) is 7.14. The van der Waals surface area contributed by atoms with Crippen LogP contribution in [0.3, 0.4) is 0 Å². The lowest BCUT2D eigenvalue weighted by molar-refractivity contribution is 0.0401. The number of nitrogens with one attached hydrogen (secondary N) is 1. The van der Waals surface area contributed by atoms with Crippen LogP contribution in [-0.2, 0) is 4.74 Å². The molecule has 4 heteroatoms. The third-order valence-electron chi connectivity index (χ3n) is 2.74. The molecule has 0 heterocycles. The molecule has 0 bridgehead atoms. The average molecular weight is 265 g/mol. The second-order valence-electron chi connectivity index (χ2n) is 5.12. The van der Waals surface area contributed by atoms with E-state index in [0.29, 0.717) is 12.2 Å². The van der Waals surface area contributed by atoms with Gasteiger partial charge < -0.3 is 14.8 Å². The first-order valence-electron chi connectivity index (χ1n) is 6.54. The van der Waals surface area contributed by atoms with Crippen molar-refractivity contribution in [3.63, 3.8) is 0 Å². The summed E-state index contributed by atoms with van der Waals surface area (Å²) >= 11 is 0. The molecule has 0 saturated carbocycles. The zero-order valence-electron chi connectivity index (χ0n) is 12.2. The molecule has 0 aliphatic heterocycles. The number of hydrogen-bond donors (Lipinski definition) is 1. The van der Waals surface area contributed by atoms with Crippen molar-refractivity contribution < 1.29 is 14.3 Å². The summed E-state index contributed by atoms with van der Waals surface area (Å²) in [6, 6.07) is 6.90. The summed E-state index contributed by atoms with van der Waals surface area (Å²) in [6.45, 7) is 7.39. The van der Waals surface area contributed by atoms with Crippen LogP contribution in [0.25, 0.3) is 0 Å². The minimum Gasteiger partial charge on any atom is -0.497 e. The van der Waals surface area contributed by atoms with Gasteiger partial charge in [0.05, 0.1) is 12.7 Å². The quantitative estimate of drug-likeness (QED) is 0.770. The highest BCUT2D eigenvalue weighted by atomic mass is 16.5. The number of esters is 1. The van der Waals surface area contributed by atoms with E-state index >= 15 is 0 Å². The summed E-state index contributed by atoms with van der Waals surface area (Å²) in [5, 5.41) is 3.34. The number of carbonyl (C=O) groups is 1. The number of carbonyl (C=O) groups excluding carboxylic acids is 1. The van der Waals surface area contributed by atoms with Crippen LogP contribution in [0.4, 0.5) is 0 Å². The van der Waals surface area contributed by atoms with Crippen molar-refractivity contribution in [3.8, 4) is 5.75 Å². The van der Waals surface area contributed by atoms with Crippen LogP contribution in [-0.4, -0.2) is 31.8 Å². The fraction of sp³-hybridized carbons (Fsp3) is 0.533. The first-order chi connectivity index (χ1) is 8.98. The molecule has 0 aliphatic rings. The highest BCUT2D eigenvalue weighted by Gasteiger charge is 2.19. The highest BCUT2D eigenvalue weighted by molar-refractivity contribution is 5.89. The van der Waals surface area contributed by atoms with Gasteiger partial charge in [-0.05, 0) is 51.1 Å². The smallest absolute Gasteiger partial charge is 0.338 e. The first kappa shape index (κ1) is 15.5. The highest BCUT2D eigenvalue weighted by Crippen LogP contribution is 2.13. The van der Waals surface area contributed by atoms with Crippen LogP contribution < -0.4 is 10.1 Å². The van der Waals surface area contributed by atoms with E-state index in [1.165, 1.54) is 0 Å². The molecule has 19 heavy (non-hydrogen) atoms. The molecule has 4 nitrogen and oxygen atoms in total. The van der Waals surface area contributed by atoms with Crippen molar-refractivity contribution in [1.82, 2.24) is 5.32 Å². The number of methoxy groups -OCH3 is 1. The molecular weight excluding hydrogens is 242 g/mol. The van der Waals surface area contributed by atoms with Gasteiger partial charge in [-0.15, -0.1) is 0 Å². The lowest BCUT2D eigenvalue weighted by atomic mass is 10.1. The minimum absolute atomic E-state index is 0.210. The molecule has 1 N–H and O–H groups in total. The van der Waals surface area contributed by atoms with Crippen LogP contribution in [0.5, 0.6) is 5.75 Å². The van der Waals surface area contributed by atoms with Crippen LogP contribution in [0, 0.1) is 0 Å². The lowest BCUT2D eigenvalue weighted by Crippen LogP contribution is -2.44. The van der Waals surface area contributed by atoms with Crippen LogP contribution >= 0.6 is 0 Å². The van der Waals surface area contributed by atoms with Gasteiger partial charge in [0.1, 0.15) is 12.4 Å². The number of ether oxygens (including phenoxy) is 2. The van der Waals surface area contributed by atoms with E-state index < -0.39 is 0 Å². The van der Waals surface area contributed by atoms with E-state index in [1.807, 2.05) is 13.8 Å². The molecule has 0 atom stereocenters. The first-order valence-corrected chi connectivity index (χ1v) is 6.54. The summed E-state index contributed by atoms with van der Waals surface area (Å²) in [7, 11) is 1.59. The standard InChI is InChI=1S/C15H23NO3/c1-5-10-16-15(2,3)11-19-14(17)12-6-8-13(18-4)9-7-12/h6-9,16H,5,10-11H2,1-4H3. The van der Waals surface area contributed by atoms with Gasteiger partial charge >= 0.3 is 5.97 Å². The Kier molecular flexibility index (Phi) is 5.83. The molecule has 106 valence electrons. The summed E-state index contributed by atoms with van der Waals surface area (Å²) in [4.78, 5) is 11.9. The van der Waals surface area contributed by atoms with Crippen molar-refractivity contribution in [2.45, 2.75) is 32.7 Å². The third-order valence-corrected chi connectivity index (χ3v) is 2.74. The van der Waals surface area contributed by atoms with Crippen LogP contribution in [0.2, 0.25) is 0 Å². The van der Waals surface area contributed by atoms with E-state index in [-0.39, 0.29) is 11.5 Å². The predicted octanol–water partition coefficient (Wildman–Crippen LogP) is 2.63. The van der Waals surface area contributed by atoms with Gasteiger partial charge in [0.2, 0.25) is 0 Å². The zero-order chi connectivity index (χ0) is 14.3. The Hall–Kier alpha value is -1.55. The molecule has 0 saturated heterocycles. The number of rotatable bonds is 7. The van der Waals surface area contributed by atoms with Crippen LogP contribution in [0.15, 0.2) is 24.3 Å². The maximum absolute atomic E-state index is 11.9. The summed E-state index contributed by atoms with van der Waals surface area (Å²) in [5.41, 5.74) is 0.324. The summed E-state index contributed by atoms with van der Waals surface area (Å²) in [5.74, 6) is 0.413. The van der Waals surface area contributed by atoms with Gasteiger partial charge in [0.15, 0.2) is 0 Å². The van der Waals surface area contributed by atoms with E-state index in [2.05, 4.69) is 12.2 Å². The number of hydrogen-bond acceptors (Lipinski definition) is 4. The largest absolute Gasteiger partial charge is 0.497 e. The Morgan fingerprint density at radius 2 is 1.89 bits per heavy atom. The monoisotopic (exact) mass is 265 g/mol. The minimum atomic E-state index is -0.311. The van der Waals surface area contributed by atoms with E-state index in [4.69, 9.17) is 9.47 Å². The SMILES string of the molecule is CCCNC(C)(C)COC(=O)c1ccc(OC)cc1. The molecule has 0 amide bonds. The molecule has 0 unspecified atom stereocenters. The molecule has 0 aliphatic carbocycles. The van der Waals surface area contributed by atoms with Gasteiger partial charge in [-0.25, -0.2) is 4.79 Å². The van der Waals surface area contributed by atoms with Crippen molar-refractivity contribution in [3.05, 3.63) is 29.8 Å². The maximum Gasteiger partial charge on any atom is 0.338 e. The maximum atomic E-state index is 11.9. The average Bonchev–Trinajstić information content (AvgIpc) is 2.43. The number of benzene rings is 1. The molecule has 0 radical (unpaired) electrons. The predicted molar refractivity (Wildman–Crippen MR) is 75.6 cm³/mol. The Balaban J connectivity index is 2.50. The van der Waals surface area contributed by atoms with Gasteiger partial charge in [-0.1, -0.05) is 6.92 Å². The van der Waals surface area contributed by atoms with E-state index in [9.17, 15) is 4.79 Å². The van der Waals surface area contributed by atoms with E-state index in [0.717, 1.165) is 18.7 Å². The Morgan fingerprint density at radius 3 is 2.42 bits per heavy atom. The van der Waals surface area contributed by atoms with Crippen molar-refractivity contribution in [1.29, 1.82) is 0 Å². The fourth-order valence-electron chi connectivity index (χ4n) is 1.57. The van der Waals surface area contributed by atoms with E-state index in [1.54, 1.807) is 31.4 Å². The molecule has 1 aromatic carbocycles. The van der Waals surface area contributed by atoms with Gasteiger partial charge in [-0.2, -0.15) is 0 Å². The Morgan fingerprint density at radius 1 is 1.26 bits per heavy atom. The van der Waals surface area contributed by atoms with Gasteiger partial charge in [0.25, 0.3) is 0 Å². The zero-order valence-corrected chi connectivity index (χ0v) is 12.2. The molecule has 1 aromatic rings. The van der Waals surface area contributed by atoms with Crippen molar-refractivity contribution in [2.75, 3.05) is 20.3 Å². The lowest BCUT2D eigenvalue weighted by Gasteiger charge is -2.25. The topological polar surface area (TPSA) is 47.6 Å². The van der Waals surface area contributed by atoms with Gasteiger partial charge in [-0.3, -0.25) is 0 Å². The normalized spacial score (nSPS) is 11.2. The van der Waals surface area contributed by atoms with Crippen molar-refractivity contribution >= 4 is 5.97 Å². The Labute approximate surface area is 115 Å². The summed E-state index contributed by atoms with van der Waals surface area (Å²) in [6.07, 6.45) is 1.05. The molecule has 0 spiro atoms.